The SMILES string of the molecule is NC1(c2noc(CSCc3cc(-c4cccs4)on3)n2)CCC1. The highest BCUT2D eigenvalue weighted by molar-refractivity contribution is 7.97. The Morgan fingerprint density at radius 2 is 2.17 bits per heavy atom. The van der Waals surface area contributed by atoms with Crippen molar-refractivity contribution in [2.24, 2.45) is 5.73 Å². The van der Waals surface area contributed by atoms with Gasteiger partial charge in [-0.15, -0.1) is 23.1 Å². The van der Waals surface area contributed by atoms with Gasteiger partial charge in [0.25, 0.3) is 0 Å². The summed E-state index contributed by atoms with van der Waals surface area (Å²) in [6.45, 7) is 0. The monoisotopic (exact) mass is 348 g/mol. The Morgan fingerprint density at radius 1 is 1.26 bits per heavy atom. The molecular weight excluding hydrogens is 332 g/mol. The van der Waals surface area contributed by atoms with E-state index in [0.717, 1.165) is 41.3 Å². The number of nitrogens with zero attached hydrogens (tertiary/aromatic N) is 3. The molecule has 23 heavy (non-hydrogen) atoms. The lowest BCUT2D eigenvalue weighted by Crippen LogP contribution is -2.44. The summed E-state index contributed by atoms with van der Waals surface area (Å²) in [6.07, 6.45) is 3.00. The lowest BCUT2D eigenvalue weighted by atomic mass is 9.77. The zero-order chi connectivity index (χ0) is 15.7. The molecule has 0 saturated heterocycles. The molecule has 3 heterocycles. The molecule has 1 aliphatic carbocycles. The quantitative estimate of drug-likeness (QED) is 0.728. The van der Waals surface area contributed by atoms with Crippen molar-refractivity contribution in [3.63, 3.8) is 0 Å². The van der Waals surface area contributed by atoms with Crippen molar-refractivity contribution in [1.29, 1.82) is 0 Å². The van der Waals surface area contributed by atoms with Gasteiger partial charge in [-0.3, -0.25) is 0 Å². The van der Waals surface area contributed by atoms with Crippen molar-refractivity contribution in [3.8, 4) is 10.6 Å². The van der Waals surface area contributed by atoms with Crippen molar-refractivity contribution < 1.29 is 9.05 Å². The summed E-state index contributed by atoms with van der Waals surface area (Å²) in [4.78, 5) is 5.50. The number of thioether (sulfide) groups is 1. The van der Waals surface area contributed by atoms with Gasteiger partial charge in [0.15, 0.2) is 11.6 Å². The maximum absolute atomic E-state index is 6.19. The molecule has 1 fully saturated rings. The molecule has 1 aliphatic rings. The third-order valence-corrected chi connectivity index (χ3v) is 5.79. The van der Waals surface area contributed by atoms with Crippen LogP contribution in [0, 0.1) is 0 Å². The van der Waals surface area contributed by atoms with Crippen LogP contribution in [0.15, 0.2) is 32.6 Å². The first-order valence-electron chi connectivity index (χ1n) is 7.42. The van der Waals surface area contributed by atoms with Crippen molar-refractivity contribution in [2.75, 3.05) is 0 Å². The fraction of sp³-hybridized carbons (Fsp3) is 0.400. The van der Waals surface area contributed by atoms with E-state index in [4.69, 9.17) is 14.8 Å². The molecule has 0 unspecified atom stereocenters. The first kappa shape index (κ1) is 14.9. The van der Waals surface area contributed by atoms with Gasteiger partial charge < -0.3 is 14.8 Å². The molecule has 8 heteroatoms. The smallest absolute Gasteiger partial charge is 0.236 e. The van der Waals surface area contributed by atoms with Crippen LogP contribution in [0.3, 0.4) is 0 Å². The van der Waals surface area contributed by atoms with E-state index in [1.54, 1.807) is 23.1 Å². The molecular formula is C15H16N4O2S2. The lowest BCUT2D eigenvalue weighted by Gasteiger charge is -2.34. The van der Waals surface area contributed by atoms with Gasteiger partial charge in [0.1, 0.15) is 0 Å². The normalized spacial score (nSPS) is 16.4. The van der Waals surface area contributed by atoms with Crippen LogP contribution in [0.1, 0.15) is 36.7 Å². The third-order valence-electron chi connectivity index (χ3n) is 3.96. The Kier molecular flexibility index (Phi) is 3.96. The first-order chi connectivity index (χ1) is 11.2. The van der Waals surface area contributed by atoms with Crippen molar-refractivity contribution in [3.05, 3.63) is 41.0 Å². The second-order valence-corrected chi connectivity index (χ2v) is 7.61. The predicted molar refractivity (Wildman–Crippen MR) is 88.8 cm³/mol. The van der Waals surface area contributed by atoms with Crippen LogP contribution < -0.4 is 5.73 Å². The minimum atomic E-state index is -0.367. The number of hydrogen-bond donors (Lipinski definition) is 1. The van der Waals surface area contributed by atoms with Crippen LogP contribution in [0.25, 0.3) is 10.6 Å². The van der Waals surface area contributed by atoms with Gasteiger partial charge in [-0.2, -0.15) is 4.98 Å². The van der Waals surface area contributed by atoms with E-state index in [-0.39, 0.29) is 5.54 Å². The molecule has 0 amide bonds. The van der Waals surface area contributed by atoms with E-state index in [9.17, 15) is 0 Å². The molecule has 0 aromatic carbocycles. The summed E-state index contributed by atoms with van der Waals surface area (Å²) < 4.78 is 10.6. The Bertz CT molecular complexity index is 777. The van der Waals surface area contributed by atoms with Crippen molar-refractivity contribution >= 4 is 23.1 Å². The van der Waals surface area contributed by atoms with Crippen molar-refractivity contribution in [1.82, 2.24) is 15.3 Å². The lowest BCUT2D eigenvalue weighted by molar-refractivity contribution is 0.229. The molecule has 3 aromatic heterocycles. The molecule has 1 saturated carbocycles. The van der Waals surface area contributed by atoms with Gasteiger partial charge in [0.05, 0.1) is 21.9 Å². The molecule has 0 radical (unpaired) electrons. The van der Waals surface area contributed by atoms with E-state index in [1.165, 1.54) is 0 Å². The number of rotatable bonds is 6. The molecule has 0 aliphatic heterocycles. The van der Waals surface area contributed by atoms with Crippen LogP contribution >= 0.6 is 23.1 Å². The van der Waals surface area contributed by atoms with Gasteiger partial charge >= 0.3 is 0 Å². The molecule has 3 aromatic rings. The third kappa shape index (κ3) is 3.06. The number of nitrogens with two attached hydrogens (primary N) is 1. The summed E-state index contributed by atoms with van der Waals surface area (Å²) in [6, 6.07) is 5.99. The summed E-state index contributed by atoms with van der Waals surface area (Å²) in [7, 11) is 0. The van der Waals surface area contributed by atoms with Gasteiger partial charge in [-0.05, 0) is 30.7 Å². The largest absolute Gasteiger partial charge is 0.355 e. The van der Waals surface area contributed by atoms with Crippen LogP contribution in [-0.4, -0.2) is 15.3 Å². The summed E-state index contributed by atoms with van der Waals surface area (Å²) in [5.41, 5.74) is 6.74. The standard InChI is InChI=1S/C15H16N4O2S2/c16-15(4-2-5-15)14-17-13(21-19-14)9-22-8-10-7-11(20-18-10)12-3-1-6-23-12/h1,3,6-7H,2,4-5,8-9,16H2. The molecule has 120 valence electrons. The fourth-order valence-corrected chi connectivity index (χ4v) is 3.87. The highest BCUT2D eigenvalue weighted by Crippen LogP contribution is 2.37. The van der Waals surface area contributed by atoms with E-state index in [2.05, 4.69) is 15.3 Å². The summed E-state index contributed by atoms with van der Waals surface area (Å²) in [5.74, 6) is 3.44. The molecule has 0 spiro atoms. The van der Waals surface area contributed by atoms with E-state index >= 15 is 0 Å². The molecule has 0 atom stereocenters. The molecule has 4 rings (SSSR count). The minimum absolute atomic E-state index is 0.367. The van der Waals surface area contributed by atoms with Crippen LogP contribution in [-0.2, 0) is 17.0 Å². The van der Waals surface area contributed by atoms with Crippen molar-refractivity contribution in [2.45, 2.75) is 36.3 Å². The topological polar surface area (TPSA) is 91.0 Å². The summed E-state index contributed by atoms with van der Waals surface area (Å²) >= 11 is 3.30. The minimum Gasteiger partial charge on any atom is -0.355 e. The van der Waals surface area contributed by atoms with E-state index < -0.39 is 0 Å². The zero-order valence-electron chi connectivity index (χ0n) is 12.4. The fourth-order valence-electron chi connectivity index (χ4n) is 2.45. The van der Waals surface area contributed by atoms with Crippen LogP contribution in [0.2, 0.25) is 0 Å². The maximum atomic E-state index is 6.19. The number of thiophene rings is 1. The van der Waals surface area contributed by atoms with Gasteiger partial charge in [-0.25, -0.2) is 0 Å². The van der Waals surface area contributed by atoms with Gasteiger partial charge in [-0.1, -0.05) is 16.4 Å². The Hall–Kier alpha value is -1.64. The van der Waals surface area contributed by atoms with E-state index in [0.29, 0.717) is 17.5 Å². The Labute approximate surface area is 141 Å². The molecule has 2 N–H and O–H groups in total. The Morgan fingerprint density at radius 3 is 2.91 bits per heavy atom. The first-order valence-corrected chi connectivity index (χ1v) is 9.45. The highest BCUT2D eigenvalue weighted by atomic mass is 32.2. The van der Waals surface area contributed by atoms with E-state index in [1.807, 2.05) is 23.6 Å². The maximum Gasteiger partial charge on any atom is 0.236 e. The zero-order valence-corrected chi connectivity index (χ0v) is 14.0. The average molecular weight is 348 g/mol. The second kappa shape index (κ2) is 6.10. The predicted octanol–water partition coefficient (Wildman–Crippen LogP) is 3.56. The number of hydrogen-bond acceptors (Lipinski definition) is 8. The van der Waals surface area contributed by atoms with Gasteiger partial charge in [0.2, 0.25) is 5.89 Å². The molecule has 6 nitrogen and oxygen atoms in total. The second-order valence-electron chi connectivity index (χ2n) is 5.67. The summed E-state index contributed by atoms with van der Waals surface area (Å²) in [5, 5.41) is 10.1. The molecule has 0 bridgehead atoms. The van der Waals surface area contributed by atoms with Gasteiger partial charge in [0, 0.05) is 11.8 Å². The average Bonchev–Trinajstić information content (AvgIpc) is 3.25. The van der Waals surface area contributed by atoms with Crippen LogP contribution in [0.5, 0.6) is 0 Å². The van der Waals surface area contributed by atoms with Crippen LogP contribution in [0.4, 0.5) is 0 Å². The Balaban J connectivity index is 1.32. The highest BCUT2D eigenvalue weighted by Gasteiger charge is 2.38. The number of aromatic nitrogens is 3.